The van der Waals surface area contributed by atoms with E-state index in [0.717, 1.165) is 40.2 Å². The average molecular weight is 790 g/mol. The Bertz CT molecular complexity index is 1920. The van der Waals surface area contributed by atoms with Crippen molar-refractivity contribution in [1.82, 2.24) is 30.5 Å². The molecule has 3 aliphatic rings. The number of phenols is 2. The maximum Gasteiger partial charge on any atom is 0.350 e. The summed E-state index contributed by atoms with van der Waals surface area (Å²) in [5, 5.41) is 44.1. The number of phenolic OH excluding ortho intramolecular Hbond substituents is 2. The predicted molar refractivity (Wildman–Crippen MR) is 177 cm³/mol. The smallest absolute Gasteiger partial charge is 0.350 e. The van der Waals surface area contributed by atoms with Crippen LogP contribution in [0.5, 0.6) is 11.5 Å². The number of nitrogens with two attached hydrogens (primary N) is 1. The molecule has 8 N–H and O–H groups in total. The van der Waals surface area contributed by atoms with E-state index in [1.807, 2.05) is 0 Å². The molecule has 0 spiro atoms. The van der Waals surface area contributed by atoms with Crippen LogP contribution in [0.25, 0.3) is 0 Å². The lowest BCUT2D eigenvalue weighted by molar-refractivity contribution is -0.153. The van der Waals surface area contributed by atoms with Gasteiger partial charge in [0.1, 0.15) is 21.4 Å². The highest BCUT2D eigenvalue weighted by Crippen LogP contribution is 2.42. The molecule has 2 aromatic rings. The topological polar surface area (TPSA) is 295 Å². The summed E-state index contributed by atoms with van der Waals surface area (Å²) in [6, 6.07) is -0.551. The molecule has 1 aromatic heterocycles. The number of aliphatic carboxylic acids is 2. The maximum atomic E-state index is 13.5. The Balaban J connectivity index is 1.32. The second-order valence-corrected chi connectivity index (χ2v) is 14.9. The normalized spacial score (nSPS) is 20.7. The van der Waals surface area contributed by atoms with Crippen molar-refractivity contribution in [2.24, 2.45) is 5.16 Å². The molecule has 51 heavy (non-hydrogen) atoms. The first-order valence-corrected chi connectivity index (χ1v) is 16.8. The molecular formula is C27H26Cl2N8O12S2. The van der Waals surface area contributed by atoms with Crippen molar-refractivity contribution < 1.29 is 58.8 Å². The van der Waals surface area contributed by atoms with E-state index >= 15 is 0 Å². The van der Waals surface area contributed by atoms with Gasteiger partial charge in [0.25, 0.3) is 11.7 Å². The lowest BCUT2D eigenvalue weighted by Gasteiger charge is -2.48. The largest absolute Gasteiger partial charge is 0.504 e. The number of Topliss-reactive ketones (excluding diaryl/α,β-unsaturated/α-hetero) is 1. The number of oxime groups is 1. The van der Waals surface area contributed by atoms with Crippen LogP contribution < -0.4 is 16.5 Å². The number of nitrogens with one attached hydrogen (secondary N) is 2. The number of hydrogen-bond acceptors (Lipinski definition) is 15. The number of hydrazine groups is 1. The van der Waals surface area contributed by atoms with E-state index in [1.165, 1.54) is 7.05 Å². The molecule has 2 aliphatic heterocycles. The van der Waals surface area contributed by atoms with Crippen LogP contribution in [0.1, 0.15) is 35.8 Å². The molecule has 5 amide bonds. The molecule has 1 aliphatic carbocycles. The number of aromatic nitrogens is 1. The Labute approximate surface area is 304 Å². The summed E-state index contributed by atoms with van der Waals surface area (Å²) in [6.45, 7) is 0.585. The Morgan fingerprint density at radius 1 is 1.14 bits per heavy atom. The van der Waals surface area contributed by atoms with Gasteiger partial charge in [-0.05, 0) is 19.1 Å². The number of carboxylic acids is 2. The highest BCUT2D eigenvalue weighted by Gasteiger charge is 2.57. The van der Waals surface area contributed by atoms with Gasteiger partial charge in [-0.3, -0.25) is 29.5 Å². The number of likely N-dealkylation sites (tertiary alicyclic amines) is 1. The van der Waals surface area contributed by atoms with Gasteiger partial charge >= 0.3 is 23.9 Å². The number of aromatic hydroxyl groups is 2. The number of amides is 5. The van der Waals surface area contributed by atoms with Crippen LogP contribution in [0.4, 0.5) is 9.93 Å². The molecule has 1 aromatic carbocycles. The number of thiazole rings is 1. The highest BCUT2D eigenvalue weighted by molar-refractivity contribution is 8.02. The fourth-order valence-electron chi connectivity index (χ4n) is 4.87. The third-order valence-electron chi connectivity index (χ3n) is 8.07. The lowest BCUT2D eigenvalue weighted by Crippen LogP contribution is -2.70. The van der Waals surface area contributed by atoms with Gasteiger partial charge in [0, 0.05) is 26.4 Å². The van der Waals surface area contributed by atoms with Gasteiger partial charge in [-0.15, -0.1) is 0 Å². The van der Waals surface area contributed by atoms with E-state index in [4.69, 9.17) is 33.8 Å². The number of nitrogen functional groups attached to an aromatic ring is 1. The molecule has 0 bridgehead atoms. The number of thioether (sulfide) groups is 1. The molecule has 24 heteroatoms. The first-order valence-electron chi connectivity index (χ1n) is 14.4. The molecule has 3 heterocycles. The minimum atomic E-state index is -2.14. The number of carboxylic acid groups (broad SMARTS) is 2. The molecule has 3 atom stereocenters. The first kappa shape index (κ1) is 37.2. The van der Waals surface area contributed by atoms with Crippen LogP contribution in [0.15, 0.2) is 17.3 Å². The number of benzene rings is 1. The Morgan fingerprint density at radius 2 is 1.80 bits per heavy atom. The summed E-state index contributed by atoms with van der Waals surface area (Å²) >= 11 is 13.4. The maximum absolute atomic E-state index is 13.5. The van der Waals surface area contributed by atoms with Crippen LogP contribution in [-0.4, -0.2) is 129 Å². The SMILES string of the molecule is CN1C(=O)C(NC(=O)/C(=N\OC2(C(=O)O)CC2)c2nc(N)sc2Cl)[C@H]1S[C@](C)(C(=O)O)N1CCN(NC(=O)C(=O)c2ccc(O)c(O)c2Cl)C1=O. The van der Waals surface area contributed by atoms with Gasteiger partial charge in [0.2, 0.25) is 11.5 Å². The van der Waals surface area contributed by atoms with Crippen molar-refractivity contribution in [1.29, 1.82) is 0 Å². The predicted octanol–water partition coefficient (Wildman–Crippen LogP) is 0.250. The number of hydrogen-bond donors (Lipinski definition) is 7. The standard InChI is InChI=1S/C27H26Cl2N8O12S2/c1-26(22(44)45,36-7-8-37(25(36)48)33-19(42)15(39)9-3-4-10(38)16(40)11(9)28)51-21-14(20(43)35(21)2)31-18(41)13(12-17(29)50-24(30)32-12)34-49-27(5-6-27)23(46)47/h3-4,14,21,38,40H,5-8H2,1-2H3,(H2,30,32)(H,31,41)(H,33,42)(H,44,45)(H,46,47)/b34-13-/t14?,21-,26-/m1/s1. The molecule has 1 saturated carbocycles. The van der Waals surface area contributed by atoms with Gasteiger partial charge in [-0.2, -0.15) is 0 Å². The Hall–Kier alpha value is -5.06. The van der Waals surface area contributed by atoms with Crippen LogP contribution in [0.2, 0.25) is 9.36 Å². The molecule has 5 rings (SSSR count). The zero-order valence-corrected chi connectivity index (χ0v) is 29.2. The fraction of sp³-hybridized carbons (Fsp3) is 0.370. The summed E-state index contributed by atoms with van der Waals surface area (Å²) < 4.78 is -0.0956. The number of anilines is 1. The van der Waals surface area contributed by atoms with Gasteiger partial charge in [-0.25, -0.2) is 24.4 Å². The van der Waals surface area contributed by atoms with Crippen molar-refractivity contribution in [2.75, 3.05) is 25.9 Å². The summed E-state index contributed by atoms with van der Waals surface area (Å²) in [5.74, 6) is -8.76. The summed E-state index contributed by atoms with van der Waals surface area (Å²) in [5.41, 5.74) is 4.76. The van der Waals surface area contributed by atoms with E-state index in [2.05, 4.69) is 20.9 Å². The van der Waals surface area contributed by atoms with Gasteiger partial charge in [-0.1, -0.05) is 51.5 Å². The van der Waals surface area contributed by atoms with E-state index in [9.17, 15) is 54.0 Å². The number of ketones is 1. The van der Waals surface area contributed by atoms with Crippen molar-refractivity contribution >= 4 is 98.6 Å². The van der Waals surface area contributed by atoms with Crippen molar-refractivity contribution in [3.05, 3.63) is 32.7 Å². The number of carbonyl (C=O) groups is 7. The summed E-state index contributed by atoms with van der Waals surface area (Å²) in [4.78, 5) is 98.5. The van der Waals surface area contributed by atoms with E-state index in [0.29, 0.717) is 16.8 Å². The zero-order valence-electron chi connectivity index (χ0n) is 26.1. The number of nitrogens with zero attached hydrogens (tertiary/aromatic N) is 5. The number of likely N-dealkylation sites (N-methyl/N-ethyl adjacent to an activating group) is 1. The molecular weight excluding hydrogens is 763 g/mol. The lowest BCUT2D eigenvalue weighted by atomic mass is 10.1. The van der Waals surface area contributed by atoms with E-state index in [-0.39, 0.29) is 41.1 Å². The highest BCUT2D eigenvalue weighted by atomic mass is 35.5. The zero-order chi connectivity index (χ0) is 37.7. The van der Waals surface area contributed by atoms with Crippen molar-refractivity contribution in [2.45, 2.75) is 41.7 Å². The van der Waals surface area contributed by atoms with Crippen LogP contribution in [0.3, 0.4) is 0 Å². The fourth-order valence-corrected chi connectivity index (χ4v) is 7.49. The van der Waals surface area contributed by atoms with Crippen molar-refractivity contribution in [3.8, 4) is 11.5 Å². The number of rotatable bonds is 13. The third-order valence-corrected chi connectivity index (χ3v) is 11.2. The van der Waals surface area contributed by atoms with Crippen LogP contribution in [0, 0.1) is 0 Å². The Morgan fingerprint density at radius 3 is 2.37 bits per heavy atom. The number of halogens is 2. The van der Waals surface area contributed by atoms with Gasteiger partial charge < -0.3 is 41.2 Å². The molecule has 20 nitrogen and oxygen atoms in total. The molecule has 2 saturated heterocycles. The van der Waals surface area contributed by atoms with Gasteiger partial charge in [0.05, 0.1) is 17.1 Å². The quantitative estimate of drug-likeness (QED) is 0.0358. The first-order chi connectivity index (χ1) is 23.8. The third kappa shape index (κ3) is 6.73. The molecule has 3 fully saturated rings. The number of urea groups is 1. The second-order valence-electron chi connectivity index (χ2n) is 11.4. The number of carbonyl (C=O) groups excluding carboxylic acids is 5. The minimum Gasteiger partial charge on any atom is -0.504 e. The average Bonchev–Trinajstić information content (AvgIpc) is 3.69. The molecule has 0 radical (unpaired) electrons. The number of β-lactam (4-membered cyclic amide) rings is 1. The molecule has 272 valence electrons. The van der Waals surface area contributed by atoms with Crippen molar-refractivity contribution in [3.63, 3.8) is 0 Å². The molecule has 1 unspecified atom stereocenters. The summed E-state index contributed by atoms with van der Waals surface area (Å²) in [6.07, 6.45) is 0.214. The van der Waals surface area contributed by atoms with E-state index in [1.54, 1.807) is 0 Å². The van der Waals surface area contributed by atoms with Crippen LogP contribution >= 0.6 is 46.3 Å². The monoisotopic (exact) mass is 788 g/mol. The minimum absolute atomic E-state index is 0.0618. The van der Waals surface area contributed by atoms with Gasteiger partial charge in [0.15, 0.2) is 27.2 Å². The van der Waals surface area contributed by atoms with E-state index < -0.39 is 91.2 Å². The second kappa shape index (κ2) is 13.6. The summed E-state index contributed by atoms with van der Waals surface area (Å²) in [7, 11) is 1.32. The Kier molecular flexibility index (Phi) is 9.90. The van der Waals surface area contributed by atoms with Crippen LogP contribution in [-0.2, 0) is 28.8 Å².